The van der Waals surface area contributed by atoms with Crippen LogP contribution in [-0.2, 0) is 9.16 Å². The molecule has 0 aliphatic rings. The summed E-state index contributed by atoms with van der Waals surface area (Å²) in [6, 6.07) is 9.70. The molecule has 0 heterocycles. The average Bonchev–Trinajstić information content (AvgIpc) is 2.46. The van der Waals surface area contributed by atoms with Crippen LogP contribution < -0.4 is 4.46 Å². The van der Waals surface area contributed by atoms with Gasteiger partial charge in [-0.2, -0.15) is 0 Å². The standard InChI is InChI=1S/C19H28O3SeSi/c1-16(22-18(20)23-17-13-8-7-9-14-17)12-10-11-15-21-24(5,6)19(2,3)4/h7-9,13-14,16H,12,15H2,1-6H3/t16-/m1/s1. The van der Waals surface area contributed by atoms with Crippen LogP contribution in [0.15, 0.2) is 30.3 Å². The maximum absolute atomic E-state index is 11.9. The summed E-state index contributed by atoms with van der Waals surface area (Å²) >= 11 is -0.297. The van der Waals surface area contributed by atoms with E-state index >= 15 is 0 Å². The second-order valence-electron chi connectivity index (χ2n) is 7.20. The molecule has 5 heteroatoms. The minimum absolute atomic E-state index is 0.152. The van der Waals surface area contributed by atoms with Crippen molar-refractivity contribution in [1.29, 1.82) is 0 Å². The number of hydrogen-bond donors (Lipinski definition) is 0. The number of carbonyl (C=O) groups excluding carboxylic acids is 1. The van der Waals surface area contributed by atoms with E-state index < -0.39 is 8.32 Å². The Labute approximate surface area is 153 Å². The molecule has 0 radical (unpaired) electrons. The number of carbonyl (C=O) groups is 1. The molecule has 1 aromatic rings. The Bertz CT molecular complexity index is 582. The molecule has 0 spiro atoms. The van der Waals surface area contributed by atoms with E-state index in [1.807, 2.05) is 37.3 Å². The van der Waals surface area contributed by atoms with Crippen molar-refractivity contribution in [3.63, 3.8) is 0 Å². The van der Waals surface area contributed by atoms with Crippen LogP contribution in [0.25, 0.3) is 0 Å². The summed E-state index contributed by atoms with van der Waals surface area (Å²) < 4.78 is 12.4. The van der Waals surface area contributed by atoms with Crippen LogP contribution >= 0.6 is 0 Å². The Morgan fingerprint density at radius 1 is 1.21 bits per heavy atom. The molecule has 1 rings (SSSR count). The Kier molecular flexibility index (Phi) is 8.25. The topological polar surface area (TPSA) is 35.5 Å². The van der Waals surface area contributed by atoms with Gasteiger partial charge in [-0.15, -0.1) is 0 Å². The first-order valence-corrected chi connectivity index (χ1v) is 12.8. The summed E-state index contributed by atoms with van der Waals surface area (Å²) in [7, 11) is -1.74. The SMILES string of the molecule is C[C@H](CC#CCO[Si](C)(C)C(C)(C)C)OC(=O)[Se]c1ccccc1. The fourth-order valence-corrected chi connectivity index (χ4v) is 3.85. The van der Waals surface area contributed by atoms with Gasteiger partial charge in [0.15, 0.2) is 0 Å². The van der Waals surface area contributed by atoms with E-state index in [4.69, 9.17) is 9.16 Å². The molecule has 132 valence electrons. The van der Waals surface area contributed by atoms with Gasteiger partial charge in [-0.1, -0.05) is 0 Å². The van der Waals surface area contributed by atoms with Crippen molar-refractivity contribution in [2.24, 2.45) is 0 Å². The van der Waals surface area contributed by atoms with Gasteiger partial charge in [-0.25, -0.2) is 0 Å². The van der Waals surface area contributed by atoms with Gasteiger partial charge in [0.05, 0.1) is 0 Å². The fraction of sp³-hybridized carbons (Fsp3) is 0.526. The van der Waals surface area contributed by atoms with E-state index in [2.05, 4.69) is 45.7 Å². The van der Waals surface area contributed by atoms with E-state index in [0.717, 1.165) is 4.46 Å². The summed E-state index contributed by atoms with van der Waals surface area (Å²) in [6.45, 7) is 13.4. The number of hydrogen-bond acceptors (Lipinski definition) is 3. The van der Waals surface area contributed by atoms with Gasteiger partial charge in [0, 0.05) is 0 Å². The zero-order chi connectivity index (χ0) is 18.2. The van der Waals surface area contributed by atoms with E-state index in [-0.39, 0.29) is 31.0 Å². The predicted octanol–water partition coefficient (Wildman–Crippen LogP) is 3.96. The fourth-order valence-electron chi connectivity index (χ4n) is 1.51. The van der Waals surface area contributed by atoms with Crippen LogP contribution in [0.5, 0.6) is 0 Å². The maximum atomic E-state index is 11.9. The van der Waals surface area contributed by atoms with Crippen LogP contribution in [0.1, 0.15) is 34.1 Å². The summed E-state index contributed by atoms with van der Waals surface area (Å²) in [6.07, 6.45) is 0.348. The van der Waals surface area contributed by atoms with Crippen molar-refractivity contribution < 1.29 is 14.0 Å². The average molecular weight is 411 g/mol. The van der Waals surface area contributed by atoms with Crippen LogP contribution in [0.2, 0.25) is 18.1 Å². The minimum atomic E-state index is -1.74. The van der Waals surface area contributed by atoms with Gasteiger partial charge >= 0.3 is 154 Å². The molecule has 0 saturated heterocycles. The molecule has 0 saturated carbocycles. The summed E-state index contributed by atoms with van der Waals surface area (Å²) in [5.74, 6) is 6.10. The Balaban J connectivity index is 2.32. The summed E-state index contributed by atoms with van der Waals surface area (Å²) in [4.78, 5) is 11.7. The van der Waals surface area contributed by atoms with Crippen LogP contribution in [0, 0.1) is 11.8 Å². The molecule has 0 fully saturated rings. The monoisotopic (exact) mass is 412 g/mol. The van der Waals surface area contributed by atoms with Gasteiger partial charge in [-0.3, -0.25) is 0 Å². The van der Waals surface area contributed by atoms with Crippen molar-refractivity contribution in [1.82, 2.24) is 0 Å². The second-order valence-corrected chi connectivity index (χ2v) is 14.1. The molecule has 0 aliphatic carbocycles. The molecule has 0 aliphatic heterocycles. The van der Waals surface area contributed by atoms with Crippen molar-refractivity contribution >= 4 is 32.6 Å². The van der Waals surface area contributed by atoms with Crippen molar-refractivity contribution in [2.45, 2.75) is 58.4 Å². The van der Waals surface area contributed by atoms with Gasteiger partial charge < -0.3 is 0 Å². The van der Waals surface area contributed by atoms with Crippen LogP contribution in [-0.4, -0.2) is 40.9 Å². The van der Waals surface area contributed by atoms with Crippen molar-refractivity contribution in [3.8, 4) is 11.8 Å². The Morgan fingerprint density at radius 3 is 2.42 bits per heavy atom. The molecule has 1 aromatic carbocycles. The summed E-state index contributed by atoms with van der Waals surface area (Å²) in [5, 5.41) is 0.191. The van der Waals surface area contributed by atoms with Crippen molar-refractivity contribution in [2.75, 3.05) is 6.61 Å². The van der Waals surface area contributed by atoms with Gasteiger partial charge in [-0.05, 0) is 0 Å². The van der Waals surface area contributed by atoms with E-state index in [1.54, 1.807) is 0 Å². The third kappa shape index (κ3) is 7.68. The van der Waals surface area contributed by atoms with Gasteiger partial charge in [0.1, 0.15) is 0 Å². The first-order chi connectivity index (χ1) is 11.1. The molecule has 0 bridgehead atoms. The van der Waals surface area contributed by atoms with Gasteiger partial charge in [0.2, 0.25) is 0 Å². The molecule has 24 heavy (non-hydrogen) atoms. The van der Waals surface area contributed by atoms with E-state index in [0.29, 0.717) is 13.0 Å². The quantitative estimate of drug-likeness (QED) is 0.525. The summed E-state index contributed by atoms with van der Waals surface area (Å²) in [5.41, 5.74) is 0. The molecular weight excluding hydrogens is 383 g/mol. The Hall–Kier alpha value is -1.05. The van der Waals surface area contributed by atoms with E-state index in [9.17, 15) is 4.79 Å². The molecule has 1 atom stereocenters. The second kappa shape index (κ2) is 9.43. The third-order valence-corrected chi connectivity index (χ3v) is 10.2. The zero-order valence-electron chi connectivity index (χ0n) is 15.5. The molecule has 0 N–H and O–H groups in total. The number of benzene rings is 1. The van der Waals surface area contributed by atoms with Crippen LogP contribution in [0.3, 0.4) is 0 Å². The molecule has 0 unspecified atom stereocenters. The number of rotatable bonds is 6. The normalized spacial score (nSPS) is 12.9. The van der Waals surface area contributed by atoms with Gasteiger partial charge in [0.25, 0.3) is 0 Å². The Morgan fingerprint density at radius 2 is 1.83 bits per heavy atom. The zero-order valence-corrected chi connectivity index (χ0v) is 18.2. The molecule has 0 aromatic heterocycles. The first-order valence-electron chi connectivity index (χ1n) is 8.15. The number of ether oxygens (including phenoxy) is 1. The molecule has 3 nitrogen and oxygen atoms in total. The van der Waals surface area contributed by atoms with Crippen molar-refractivity contribution in [3.05, 3.63) is 30.3 Å². The van der Waals surface area contributed by atoms with E-state index in [1.165, 1.54) is 0 Å². The third-order valence-electron chi connectivity index (χ3n) is 4.07. The molecular formula is C19H28O3SeSi. The first kappa shape index (κ1) is 21.0. The van der Waals surface area contributed by atoms with Crippen LogP contribution in [0.4, 0.5) is 4.79 Å². The molecule has 0 amide bonds. The predicted molar refractivity (Wildman–Crippen MR) is 103 cm³/mol.